The second-order valence-corrected chi connectivity index (χ2v) is 6.74. The quantitative estimate of drug-likeness (QED) is 0.901. The van der Waals surface area contributed by atoms with Crippen LogP contribution in [0.2, 0.25) is 0 Å². The predicted octanol–water partition coefficient (Wildman–Crippen LogP) is 2.64. The van der Waals surface area contributed by atoms with Crippen LogP contribution in [0.25, 0.3) is 0 Å². The van der Waals surface area contributed by atoms with Crippen molar-refractivity contribution in [1.29, 1.82) is 0 Å². The van der Waals surface area contributed by atoms with Crippen LogP contribution in [0.1, 0.15) is 27.1 Å². The Morgan fingerprint density at radius 2 is 1.85 bits per heavy atom. The Bertz CT molecular complexity index is 776. The molecular weight excluding hydrogens is 326 g/mol. The van der Waals surface area contributed by atoms with Crippen molar-refractivity contribution < 1.29 is 9.59 Å². The molecule has 1 saturated heterocycles. The minimum atomic E-state index is -0.125. The highest BCUT2D eigenvalue weighted by Gasteiger charge is 2.27. The third kappa shape index (κ3) is 3.94. The fourth-order valence-electron chi connectivity index (χ4n) is 3.40. The minimum Gasteiger partial charge on any atom is -0.338 e. The second kappa shape index (κ2) is 8.15. The Balaban J connectivity index is 1.74. The molecule has 1 N–H and O–H groups in total. The summed E-state index contributed by atoms with van der Waals surface area (Å²) >= 11 is 0. The van der Waals surface area contributed by atoms with E-state index in [2.05, 4.69) is 5.32 Å². The van der Waals surface area contributed by atoms with E-state index >= 15 is 0 Å². The summed E-state index contributed by atoms with van der Waals surface area (Å²) in [6.45, 7) is 2.46. The van der Waals surface area contributed by atoms with Gasteiger partial charge in [-0.25, -0.2) is 0 Å². The third-order valence-electron chi connectivity index (χ3n) is 4.87. The van der Waals surface area contributed by atoms with Crippen LogP contribution in [0.4, 0.5) is 5.69 Å². The van der Waals surface area contributed by atoms with E-state index in [-0.39, 0.29) is 11.8 Å². The first kappa shape index (κ1) is 18.1. The lowest BCUT2D eigenvalue weighted by molar-refractivity contribution is 0.0787. The molecule has 2 aromatic carbocycles. The molecule has 3 rings (SSSR count). The number of anilines is 1. The van der Waals surface area contributed by atoms with Gasteiger partial charge in [0.1, 0.15) is 0 Å². The Labute approximate surface area is 154 Å². The van der Waals surface area contributed by atoms with Gasteiger partial charge in [-0.1, -0.05) is 24.3 Å². The molecule has 0 aromatic heterocycles. The Hall–Kier alpha value is -2.66. The number of hydrogen-bond acceptors (Lipinski definition) is 3. The Kier molecular flexibility index (Phi) is 5.68. The first-order valence-corrected chi connectivity index (χ1v) is 8.97. The molecule has 5 nitrogen and oxygen atoms in total. The number of amides is 2. The minimum absolute atomic E-state index is 0.000572. The lowest BCUT2D eigenvalue weighted by Crippen LogP contribution is -2.31. The van der Waals surface area contributed by atoms with Crippen molar-refractivity contribution in [2.75, 3.05) is 38.6 Å². The largest absolute Gasteiger partial charge is 0.338 e. The zero-order valence-corrected chi connectivity index (χ0v) is 15.3. The van der Waals surface area contributed by atoms with E-state index in [0.29, 0.717) is 17.0 Å². The van der Waals surface area contributed by atoms with E-state index in [4.69, 9.17) is 0 Å². The highest BCUT2D eigenvalue weighted by Crippen LogP contribution is 2.20. The molecule has 1 heterocycles. The van der Waals surface area contributed by atoms with E-state index < -0.39 is 0 Å². The van der Waals surface area contributed by atoms with Gasteiger partial charge >= 0.3 is 0 Å². The van der Waals surface area contributed by atoms with Gasteiger partial charge in [0.05, 0.1) is 0 Å². The maximum Gasteiger partial charge on any atom is 0.258 e. The monoisotopic (exact) mass is 351 g/mol. The number of benzene rings is 2. The highest BCUT2D eigenvalue weighted by molar-refractivity contribution is 6.07. The van der Waals surface area contributed by atoms with Crippen molar-refractivity contribution in [2.24, 2.45) is 5.92 Å². The van der Waals surface area contributed by atoms with E-state index in [1.165, 1.54) is 0 Å². The maximum absolute atomic E-state index is 12.8. The number of likely N-dealkylation sites (tertiary alicyclic amines) is 1. The molecule has 1 fully saturated rings. The van der Waals surface area contributed by atoms with E-state index in [9.17, 15) is 9.59 Å². The summed E-state index contributed by atoms with van der Waals surface area (Å²) in [7, 11) is 3.68. The molecule has 136 valence electrons. The maximum atomic E-state index is 12.8. The Morgan fingerprint density at radius 1 is 1.12 bits per heavy atom. The van der Waals surface area contributed by atoms with Crippen molar-refractivity contribution in [3.63, 3.8) is 0 Å². The van der Waals surface area contributed by atoms with Gasteiger partial charge in [-0.05, 0) is 56.3 Å². The number of hydrogen-bond donors (Lipinski definition) is 1. The first-order chi connectivity index (χ1) is 12.6. The molecule has 2 amide bonds. The van der Waals surface area contributed by atoms with Crippen LogP contribution >= 0.6 is 0 Å². The zero-order valence-electron chi connectivity index (χ0n) is 15.3. The van der Waals surface area contributed by atoms with Gasteiger partial charge in [0.2, 0.25) is 0 Å². The normalized spacial score (nSPS) is 16.5. The average Bonchev–Trinajstić information content (AvgIpc) is 3.16. The molecule has 0 radical (unpaired) electrons. The van der Waals surface area contributed by atoms with Gasteiger partial charge < -0.3 is 15.1 Å². The summed E-state index contributed by atoms with van der Waals surface area (Å²) in [5.74, 6) is 0.374. The number of nitrogens with one attached hydrogen (secondary N) is 1. The summed E-state index contributed by atoms with van der Waals surface area (Å²) in [6.07, 6.45) is 1.02. The van der Waals surface area contributed by atoms with E-state index in [1.54, 1.807) is 36.2 Å². The van der Waals surface area contributed by atoms with Crippen molar-refractivity contribution in [1.82, 2.24) is 10.2 Å². The number of nitrogens with zero attached hydrogens (tertiary/aromatic N) is 2. The highest BCUT2D eigenvalue weighted by atomic mass is 16.2. The zero-order chi connectivity index (χ0) is 18.5. The summed E-state index contributed by atoms with van der Waals surface area (Å²) in [6, 6.07) is 16.5. The van der Waals surface area contributed by atoms with Crippen LogP contribution in [-0.2, 0) is 0 Å². The molecule has 0 bridgehead atoms. The van der Waals surface area contributed by atoms with Crippen LogP contribution in [0.3, 0.4) is 0 Å². The molecule has 1 aliphatic rings. The third-order valence-corrected chi connectivity index (χ3v) is 4.87. The number of rotatable bonds is 5. The van der Waals surface area contributed by atoms with Gasteiger partial charge in [0.25, 0.3) is 11.8 Å². The molecule has 0 spiro atoms. The number of para-hydroxylation sites is 1. The smallest absolute Gasteiger partial charge is 0.258 e. The summed E-state index contributed by atoms with van der Waals surface area (Å²) in [4.78, 5) is 29.0. The van der Waals surface area contributed by atoms with E-state index in [0.717, 1.165) is 31.7 Å². The van der Waals surface area contributed by atoms with Crippen LogP contribution < -0.4 is 10.2 Å². The van der Waals surface area contributed by atoms with Crippen LogP contribution in [0.15, 0.2) is 54.6 Å². The van der Waals surface area contributed by atoms with Crippen molar-refractivity contribution >= 4 is 17.5 Å². The van der Waals surface area contributed by atoms with Crippen LogP contribution in [0, 0.1) is 5.92 Å². The molecule has 1 aliphatic heterocycles. The molecule has 5 heteroatoms. The average molecular weight is 351 g/mol. The number of carbonyl (C=O) groups is 2. The summed E-state index contributed by atoms with van der Waals surface area (Å²) in [5, 5.41) is 3.17. The molecular formula is C21H25N3O2. The van der Waals surface area contributed by atoms with Gasteiger partial charge in [0, 0.05) is 37.0 Å². The van der Waals surface area contributed by atoms with E-state index in [1.807, 2.05) is 42.3 Å². The van der Waals surface area contributed by atoms with Crippen molar-refractivity contribution in [2.45, 2.75) is 6.42 Å². The molecule has 1 atom stereocenters. The van der Waals surface area contributed by atoms with Gasteiger partial charge in [-0.15, -0.1) is 0 Å². The van der Waals surface area contributed by atoms with Gasteiger partial charge in [-0.3, -0.25) is 9.59 Å². The summed E-state index contributed by atoms with van der Waals surface area (Å²) in [5.41, 5.74) is 1.92. The predicted molar refractivity (Wildman–Crippen MR) is 104 cm³/mol. The van der Waals surface area contributed by atoms with Crippen LogP contribution in [0.5, 0.6) is 0 Å². The SMILES string of the molecule is CNCC1CCN(C(=O)c2cccc(C(=O)N(C)c3ccccc3)c2)C1. The van der Waals surface area contributed by atoms with Gasteiger partial charge in [0.15, 0.2) is 0 Å². The number of carbonyl (C=O) groups excluding carboxylic acids is 2. The van der Waals surface area contributed by atoms with Gasteiger partial charge in [-0.2, -0.15) is 0 Å². The lowest BCUT2D eigenvalue weighted by Gasteiger charge is -2.19. The fourth-order valence-corrected chi connectivity index (χ4v) is 3.40. The molecule has 26 heavy (non-hydrogen) atoms. The molecule has 0 aliphatic carbocycles. The summed E-state index contributed by atoms with van der Waals surface area (Å²) < 4.78 is 0. The second-order valence-electron chi connectivity index (χ2n) is 6.74. The fraction of sp³-hybridized carbons (Fsp3) is 0.333. The van der Waals surface area contributed by atoms with Crippen molar-refractivity contribution in [3.8, 4) is 0 Å². The van der Waals surface area contributed by atoms with Crippen LogP contribution in [-0.4, -0.2) is 50.4 Å². The molecule has 2 aromatic rings. The topological polar surface area (TPSA) is 52.7 Å². The first-order valence-electron chi connectivity index (χ1n) is 8.97. The Morgan fingerprint density at radius 3 is 2.58 bits per heavy atom. The molecule has 0 saturated carbocycles. The lowest BCUT2D eigenvalue weighted by atomic mass is 10.1. The molecule has 1 unspecified atom stereocenters. The standard InChI is InChI=1S/C21H25N3O2/c1-22-14-16-11-12-24(15-16)21(26)18-8-6-7-17(13-18)20(25)23(2)19-9-4-3-5-10-19/h3-10,13,16,22H,11-12,14-15H2,1-2H3. The van der Waals surface area contributed by atoms with Crippen molar-refractivity contribution in [3.05, 3.63) is 65.7 Å².